The highest BCUT2D eigenvalue weighted by molar-refractivity contribution is 5.66. The molecule has 30 heavy (non-hydrogen) atoms. The van der Waals surface area contributed by atoms with Crippen molar-refractivity contribution in [3.8, 4) is 0 Å². The van der Waals surface area contributed by atoms with E-state index >= 15 is 0 Å². The molecular weight excluding hydrogens is 368 g/mol. The Bertz CT molecular complexity index is 718. The third kappa shape index (κ3) is 3.71. The molecule has 2 nitrogen and oxygen atoms in total. The summed E-state index contributed by atoms with van der Waals surface area (Å²) in [6, 6.07) is 0. The highest BCUT2D eigenvalue weighted by Crippen LogP contribution is 2.67. The minimum absolute atomic E-state index is 0.108. The quantitative estimate of drug-likeness (QED) is 0.356. The molecule has 0 heterocycles. The Kier molecular flexibility index (Phi) is 6.01. The first kappa shape index (κ1) is 22.2. The Morgan fingerprint density at radius 3 is 2.53 bits per heavy atom. The van der Waals surface area contributed by atoms with E-state index in [1.54, 1.807) is 12.5 Å². The van der Waals surface area contributed by atoms with Crippen molar-refractivity contribution in [2.45, 2.75) is 99.0 Å². The van der Waals surface area contributed by atoms with Crippen molar-refractivity contribution in [3.63, 3.8) is 0 Å². The highest BCUT2D eigenvalue weighted by Gasteiger charge is 2.59. The molecule has 0 N–H and O–H groups in total. The van der Waals surface area contributed by atoms with Gasteiger partial charge in [0.15, 0.2) is 0 Å². The summed E-state index contributed by atoms with van der Waals surface area (Å²) in [5.74, 6) is 4.64. The molecule has 0 saturated heterocycles. The van der Waals surface area contributed by atoms with Gasteiger partial charge in [-0.15, -0.1) is 0 Å². The molecule has 0 aromatic rings. The van der Waals surface area contributed by atoms with Crippen LogP contribution in [0.5, 0.6) is 0 Å². The molecular formula is C28H44O2. The molecule has 4 aliphatic rings. The predicted molar refractivity (Wildman–Crippen MR) is 124 cm³/mol. The summed E-state index contributed by atoms with van der Waals surface area (Å²) in [4.78, 5) is 11.5. The standard InChI is InChI=1S/C28H44O2/c1-18(2)7-8-19(3)24-11-12-25-23-10-9-21-17-22(30-20(4)29)13-15-27(21,5)26(23)14-16-28(24,25)6/h7-9,18-19,22-26H,10-17H2,1-6H3/b8-7+/t19-,22-,23-,24+,25-,26-,27-,28+/m0/s1. The molecule has 0 radical (unpaired) electrons. The van der Waals surface area contributed by atoms with Gasteiger partial charge in [-0.05, 0) is 91.3 Å². The van der Waals surface area contributed by atoms with E-state index in [0.29, 0.717) is 22.7 Å². The van der Waals surface area contributed by atoms with Gasteiger partial charge in [-0.3, -0.25) is 4.79 Å². The van der Waals surface area contributed by atoms with Gasteiger partial charge in [0.2, 0.25) is 0 Å². The molecule has 4 rings (SSSR count). The van der Waals surface area contributed by atoms with Crippen LogP contribution in [0.25, 0.3) is 0 Å². The number of rotatable bonds is 4. The summed E-state index contributed by atoms with van der Waals surface area (Å²) in [5.41, 5.74) is 2.45. The second kappa shape index (κ2) is 8.14. The zero-order chi connectivity index (χ0) is 21.7. The molecule has 3 saturated carbocycles. The lowest BCUT2D eigenvalue weighted by atomic mass is 9.47. The molecule has 0 unspecified atom stereocenters. The fourth-order valence-electron chi connectivity index (χ4n) is 8.40. The second-order valence-corrected chi connectivity index (χ2v) is 11.9. The predicted octanol–water partition coefficient (Wildman–Crippen LogP) is 7.35. The minimum Gasteiger partial charge on any atom is -0.462 e. The van der Waals surface area contributed by atoms with Gasteiger partial charge in [-0.2, -0.15) is 0 Å². The molecule has 0 aromatic heterocycles. The smallest absolute Gasteiger partial charge is 0.302 e. The van der Waals surface area contributed by atoms with Gasteiger partial charge in [-0.25, -0.2) is 0 Å². The van der Waals surface area contributed by atoms with Crippen LogP contribution in [0.2, 0.25) is 0 Å². The average molecular weight is 413 g/mol. The molecule has 4 aliphatic carbocycles. The lowest BCUT2D eigenvalue weighted by Crippen LogP contribution is -2.51. The van der Waals surface area contributed by atoms with Crippen LogP contribution in [0.4, 0.5) is 0 Å². The Morgan fingerprint density at radius 2 is 1.83 bits per heavy atom. The first-order valence-electron chi connectivity index (χ1n) is 12.7. The summed E-state index contributed by atoms with van der Waals surface area (Å²) in [5, 5.41) is 0. The molecule has 0 aliphatic heterocycles. The van der Waals surface area contributed by atoms with E-state index in [9.17, 15) is 4.79 Å². The third-order valence-corrected chi connectivity index (χ3v) is 9.90. The van der Waals surface area contributed by atoms with Crippen molar-refractivity contribution < 1.29 is 9.53 Å². The summed E-state index contributed by atoms with van der Waals surface area (Å²) in [6.07, 6.45) is 17.7. The lowest BCUT2D eigenvalue weighted by Gasteiger charge is -2.58. The number of carbonyl (C=O) groups excluding carboxylic acids is 1. The number of allylic oxidation sites excluding steroid dienone is 3. The van der Waals surface area contributed by atoms with Gasteiger partial charge in [0, 0.05) is 13.3 Å². The number of hydrogen-bond donors (Lipinski definition) is 0. The van der Waals surface area contributed by atoms with E-state index in [-0.39, 0.29) is 12.1 Å². The zero-order valence-electron chi connectivity index (χ0n) is 20.2. The van der Waals surface area contributed by atoms with Crippen molar-refractivity contribution in [1.82, 2.24) is 0 Å². The summed E-state index contributed by atoms with van der Waals surface area (Å²) in [7, 11) is 0. The van der Waals surface area contributed by atoms with Crippen LogP contribution in [0.3, 0.4) is 0 Å². The van der Waals surface area contributed by atoms with Crippen LogP contribution in [-0.2, 0) is 9.53 Å². The molecule has 2 heteroatoms. The molecule has 3 fully saturated rings. The summed E-state index contributed by atoms with van der Waals surface area (Å²) < 4.78 is 5.60. The third-order valence-electron chi connectivity index (χ3n) is 9.90. The highest BCUT2D eigenvalue weighted by atomic mass is 16.5. The van der Waals surface area contributed by atoms with Crippen LogP contribution in [0, 0.1) is 46.3 Å². The molecule has 0 amide bonds. The van der Waals surface area contributed by atoms with E-state index in [1.165, 1.54) is 38.5 Å². The second-order valence-electron chi connectivity index (χ2n) is 11.9. The average Bonchev–Trinajstić information content (AvgIpc) is 3.03. The Labute approximate surface area is 184 Å². The number of fused-ring (bicyclic) bond motifs is 5. The first-order chi connectivity index (χ1) is 14.1. The van der Waals surface area contributed by atoms with Crippen molar-refractivity contribution in [2.75, 3.05) is 0 Å². The number of esters is 1. The summed E-state index contributed by atoms with van der Waals surface area (Å²) in [6.45, 7) is 13.8. The van der Waals surface area contributed by atoms with Gasteiger partial charge in [0.1, 0.15) is 6.10 Å². The number of carbonyl (C=O) groups is 1. The number of ether oxygens (including phenoxy) is 1. The Morgan fingerprint density at radius 1 is 1.07 bits per heavy atom. The SMILES string of the molecule is CC(=O)O[C@H]1CC[C@@]2(C)C(=CC[C@H]3[C@@H]4CC[C@H]([C@@H](C)/C=C/C(C)C)[C@@]4(C)CC[C@@H]32)C1. The minimum atomic E-state index is -0.121. The molecule has 0 bridgehead atoms. The monoisotopic (exact) mass is 412 g/mol. The van der Waals surface area contributed by atoms with Gasteiger partial charge in [-0.1, -0.05) is 58.4 Å². The van der Waals surface area contributed by atoms with Crippen molar-refractivity contribution in [2.24, 2.45) is 46.3 Å². The Hall–Kier alpha value is -1.05. The lowest BCUT2D eigenvalue weighted by molar-refractivity contribution is -0.148. The molecule has 8 atom stereocenters. The van der Waals surface area contributed by atoms with E-state index in [1.807, 2.05) is 0 Å². The maximum atomic E-state index is 11.5. The largest absolute Gasteiger partial charge is 0.462 e. The van der Waals surface area contributed by atoms with Gasteiger partial charge in [0.25, 0.3) is 0 Å². The Balaban J connectivity index is 1.53. The van der Waals surface area contributed by atoms with Crippen molar-refractivity contribution in [3.05, 3.63) is 23.8 Å². The normalized spacial score (nSPS) is 44.2. The van der Waals surface area contributed by atoms with Crippen LogP contribution < -0.4 is 0 Å². The van der Waals surface area contributed by atoms with Gasteiger partial charge in [0.05, 0.1) is 0 Å². The van der Waals surface area contributed by atoms with Gasteiger partial charge >= 0.3 is 5.97 Å². The number of hydrogen-bond acceptors (Lipinski definition) is 2. The maximum absolute atomic E-state index is 11.5. The molecule has 0 spiro atoms. The molecule has 168 valence electrons. The zero-order valence-corrected chi connectivity index (χ0v) is 20.2. The maximum Gasteiger partial charge on any atom is 0.302 e. The first-order valence-corrected chi connectivity index (χ1v) is 12.7. The fraction of sp³-hybridized carbons (Fsp3) is 0.821. The molecule has 0 aromatic carbocycles. The van der Waals surface area contributed by atoms with E-state index in [0.717, 1.165) is 36.5 Å². The van der Waals surface area contributed by atoms with Crippen LogP contribution >= 0.6 is 0 Å². The van der Waals surface area contributed by atoms with Crippen LogP contribution in [-0.4, -0.2) is 12.1 Å². The van der Waals surface area contributed by atoms with E-state index in [2.05, 4.69) is 52.8 Å². The van der Waals surface area contributed by atoms with E-state index in [4.69, 9.17) is 4.74 Å². The fourth-order valence-corrected chi connectivity index (χ4v) is 8.40. The van der Waals surface area contributed by atoms with Gasteiger partial charge < -0.3 is 4.74 Å². The topological polar surface area (TPSA) is 26.3 Å². The van der Waals surface area contributed by atoms with Crippen LogP contribution in [0.1, 0.15) is 92.9 Å². The van der Waals surface area contributed by atoms with Crippen LogP contribution in [0.15, 0.2) is 23.8 Å². The summed E-state index contributed by atoms with van der Waals surface area (Å²) >= 11 is 0. The van der Waals surface area contributed by atoms with Crippen molar-refractivity contribution >= 4 is 5.97 Å². The van der Waals surface area contributed by atoms with Crippen molar-refractivity contribution in [1.29, 1.82) is 0 Å². The van der Waals surface area contributed by atoms with E-state index < -0.39 is 0 Å².